The van der Waals surface area contributed by atoms with Gasteiger partial charge in [-0.2, -0.15) is 23.0 Å². The molecule has 2 aromatic heterocycles. The largest absolute Gasteiger partial charge is 0.433 e. The average molecular weight is 443 g/mol. The molecule has 4 aromatic rings. The molecule has 4 rings (SSSR count). The van der Waals surface area contributed by atoms with E-state index in [-0.39, 0.29) is 11.6 Å². The fourth-order valence-electron chi connectivity index (χ4n) is 3.19. The summed E-state index contributed by atoms with van der Waals surface area (Å²) in [6.45, 7) is 5.39. The fraction of sp³-hybridized carbons (Fsp3) is 0.174. The van der Waals surface area contributed by atoms with Crippen LogP contribution in [-0.4, -0.2) is 19.7 Å². The minimum Gasteiger partial charge on any atom is -0.216 e. The number of alkyl halides is 3. The van der Waals surface area contributed by atoms with E-state index in [4.69, 9.17) is 11.6 Å². The van der Waals surface area contributed by atoms with E-state index < -0.39 is 11.9 Å². The topological polar surface area (TPSA) is 43.6 Å². The van der Waals surface area contributed by atoms with Gasteiger partial charge < -0.3 is 0 Å². The number of halogens is 4. The van der Waals surface area contributed by atoms with Crippen LogP contribution in [0.3, 0.4) is 0 Å². The van der Waals surface area contributed by atoms with Crippen molar-refractivity contribution in [1.29, 1.82) is 0 Å². The SMILES string of the molecule is Cc1ccc(-c2nn(-c3nc(C)cc(C(F)(F)F)n3)c(-c3ccc(C)cc3)c2Cl)cc1. The molecule has 8 heteroatoms. The second-order valence-corrected chi connectivity index (χ2v) is 7.73. The van der Waals surface area contributed by atoms with Gasteiger partial charge in [-0.05, 0) is 26.8 Å². The molecule has 0 atom stereocenters. The average Bonchev–Trinajstić information content (AvgIpc) is 3.05. The molecule has 0 aliphatic rings. The Kier molecular flexibility index (Phi) is 5.31. The normalized spacial score (nSPS) is 11.7. The summed E-state index contributed by atoms with van der Waals surface area (Å²) >= 11 is 6.74. The Balaban J connectivity index is 1.99. The van der Waals surface area contributed by atoms with E-state index >= 15 is 0 Å². The maximum atomic E-state index is 13.4. The highest BCUT2D eigenvalue weighted by molar-refractivity contribution is 6.35. The molecular formula is C23H18ClF3N4. The van der Waals surface area contributed by atoms with Crippen molar-refractivity contribution in [2.45, 2.75) is 26.9 Å². The van der Waals surface area contributed by atoms with Crippen LogP contribution in [-0.2, 0) is 6.18 Å². The van der Waals surface area contributed by atoms with Gasteiger partial charge in [0.1, 0.15) is 11.4 Å². The van der Waals surface area contributed by atoms with Crippen molar-refractivity contribution in [2.24, 2.45) is 0 Å². The molecule has 4 nitrogen and oxygen atoms in total. The van der Waals surface area contributed by atoms with Crippen molar-refractivity contribution >= 4 is 11.6 Å². The first-order valence-corrected chi connectivity index (χ1v) is 9.87. The lowest BCUT2D eigenvalue weighted by Gasteiger charge is -2.11. The van der Waals surface area contributed by atoms with Gasteiger partial charge in [0.15, 0.2) is 0 Å². The highest BCUT2D eigenvalue weighted by atomic mass is 35.5. The Hall–Kier alpha value is -3.19. The lowest BCUT2D eigenvalue weighted by Crippen LogP contribution is -2.14. The Morgan fingerprint density at radius 3 is 1.90 bits per heavy atom. The Morgan fingerprint density at radius 2 is 1.35 bits per heavy atom. The second-order valence-electron chi connectivity index (χ2n) is 7.35. The third-order valence-electron chi connectivity index (χ3n) is 4.80. The van der Waals surface area contributed by atoms with Gasteiger partial charge in [-0.15, -0.1) is 0 Å². The van der Waals surface area contributed by atoms with Crippen LogP contribution >= 0.6 is 11.6 Å². The maximum Gasteiger partial charge on any atom is 0.433 e. The second kappa shape index (κ2) is 7.81. The molecule has 0 spiro atoms. The third-order valence-corrected chi connectivity index (χ3v) is 5.16. The molecule has 0 aliphatic heterocycles. The molecule has 158 valence electrons. The van der Waals surface area contributed by atoms with E-state index in [0.29, 0.717) is 22.0 Å². The summed E-state index contributed by atoms with van der Waals surface area (Å²) in [7, 11) is 0. The van der Waals surface area contributed by atoms with Crippen molar-refractivity contribution in [3.05, 3.63) is 82.1 Å². The minimum absolute atomic E-state index is 0.177. The van der Waals surface area contributed by atoms with E-state index in [1.165, 1.54) is 11.6 Å². The van der Waals surface area contributed by atoms with Gasteiger partial charge in [0.25, 0.3) is 5.95 Å². The van der Waals surface area contributed by atoms with Gasteiger partial charge in [0.05, 0.1) is 10.7 Å². The summed E-state index contributed by atoms with van der Waals surface area (Å²) in [6.07, 6.45) is -4.61. The molecule has 2 heterocycles. The monoisotopic (exact) mass is 442 g/mol. The molecular weight excluding hydrogens is 425 g/mol. The number of benzene rings is 2. The van der Waals surface area contributed by atoms with Crippen LogP contribution in [0.5, 0.6) is 0 Å². The van der Waals surface area contributed by atoms with E-state index in [1.54, 1.807) is 0 Å². The fourth-order valence-corrected chi connectivity index (χ4v) is 3.53. The summed E-state index contributed by atoms with van der Waals surface area (Å²) < 4.78 is 41.4. The summed E-state index contributed by atoms with van der Waals surface area (Å²) in [4.78, 5) is 7.96. The number of aromatic nitrogens is 4. The predicted octanol–water partition coefficient (Wildman–Crippen LogP) is 6.59. The summed E-state index contributed by atoms with van der Waals surface area (Å²) in [6, 6.07) is 15.9. The zero-order valence-corrected chi connectivity index (χ0v) is 17.8. The van der Waals surface area contributed by atoms with Crippen LogP contribution in [0.2, 0.25) is 5.02 Å². The zero-order valence-electron chi connectivity index (χ0n) is 17.0. The number of nitrogens with zero attached hydrogens (tertiary/aromatic N) is 4. The zero-order chi connectivity index (χ0) is 22.3. The number of hydrogen-bond donors (Lipinski definition) is 0. The van der Waals surface area contributed by atoms with Crippen LogP contribution in [0, 0.1) is 20.8 Å². The first-order chi connectivity index (χ1) is 14.6. The van der Waals surface area contributed by atoms with Crippen LogP contribution in [0.15, 0.2) is 54.6 Å². The molecule has 0 N–H and O–H groups in total. The Bertz CT molecular complexity index is 1240. The molecule has 0 aliphatic carbocycles. The molecule has 31 heavy (non-hydrogen) atoms. The van der Waals surface area contributed by atoms with Crippen molar-refractivity contribution in [2.75, 3.05) is 0 Å². The predicted molar refractivity (Wildman–Crippen MR) is 114 cm³/mol. The van der Waals surface area contributed by atoms with Gasteiger partial charge in [0, 0.05) is 16.8 Å². The lowest BCUT2D eigenvalue weighted by molar-refractivity contribution is -0.141. The van der Waals surface area contributed by atoms with Crippen molar-refractivity contribution in [1.82, 2.24) is 19.7 Å². The van der Waals surface area contributed by atoms with Crippen molar-refractivity contribution in [3.8, 4) is 28.5 Å². The molecule has 0 bridgehead atoms. The van der Waals surface area contributed by atoms with Crippen molar-refractivity contribution in [3.63, 3.8) is 0 Å². The smallest absolute Gasteiger partial charge is 0.216 e. The van der Waals surface area contributed by atoms with Crippen LogP contribution < -0.4 is 0 Å². The first-order valence-electron chi connectivity index (χ1n) is 9.49. The Labute approximate surface area is 182 Å². The van der Waals surface area contributed by atoms with Gasteiger partial charge in [-0.3, -0.25) is 0 Å². The number of rotatable bonds is 3. The van der Waals surface area contributed by atoms with Gasteiger partial charge >= 0.3 is 6.18 Å². The van der Waals surface area contributed by atoms with Crippen LogP contribution in [0.4, 0.5) is 13.2 Å². The van der Waals surface area contributed by atoms with E-state index in [9.17, 15) is 13.2 Å². The van der Waals surface area contributed by atoms with Crippen LogP contribution in [0.1, 0.15) is 22.5 Å². The summed E-state index contributed by atoms with van der Waals surface area (Å²) in [5.74, 6) is -0.192. The minimum atomic E-state index is -4.61. The summed E-state index contributed by atoms with van der Waals surface area (Å²) in [5, 5.41) is 4.85. The molecule has 0 saturated carbocycles. The molecule has 0 saturated heterocycles. The molecule has 0 unspecified atom stereocenters. The van der Waals surface area contributed by atoms with Gasteiger partial charge in [0.2, 0.25) is 0 Å². The van der Waals surface area contributed by atoms with Gasteiger partial charge in [-0.25, -0.2) is 9.97 Å². The Morgan fingerprint density at radius 1 is 0.806 bits per heavy atom. The van der Waals surface area contributed by atoms with Gasteiger partial charge in [-0.1, -0.05) is 71.3 Å². The number of aryl methyl sites for hydroxylation is 3. The molecule has 0 fully saturated rings. The van der Waals surface area contributed by atoms with E-state index in [1.807, 2.05) is 62.4 Å². The van der Waals surface area contributed by atoms with Crippen LogP contribution in [0.25, 0.3) is 28.5 Å². The first kappa shape index (κ1) is 21.1. The molecule has 2 aromatic carbocycles. The highest BCUT2D eigenvalue weighted by Crippen LogP contribution is 2.38. The summed E-state index contributed by atoms with van der Waals surface area (Å²) in [5.41, 5.74) is 3.55. The van der Waals surface area contributed by atoms with E-state index in [0.717, 1.165) is 22.8 Å². The third kappa shape index (κ3) is 4.18. The molecule has 0 radical (unpaired) electrons. The standard InChI is InChI=1S/C23H18ClF3N4/c1-13-4-8-16(9-5-13)20-19(24)21(17-10-6-14(2)7-11-17)31(30-20)22-28-15(3)12-18(29-22)23(25,26)27/h4-12H,1-3H3. The van der Waals surface area contributed by atoms with E-state index in [2.05, 4.69) is 15.1 Å². The highest BCUT2D eigenvalue weighted by Gasteiger charge is 2.34. The molecule has 0 amide bonds. The lowest BCUT2D eigenvalue weighted by atomic mass is 10.1. The maximum absolute atomic E-state index is 13.4. The van der Waals surface area contributed by atoms with Crippen molar-refractivity contribution < 1.29 is 13.2 Å². The number of hydrogen-bond acceptors (Lipinski definition) is 3. The quantitative estimate of drug-likeness (QED) is 0.359.